The summed E-state index contributed by atoms with van der Waals surface area (Å²) in [4.78, 5) is 43.0. The summed E-state index contributed by atoms with van der Waals surface area (Å²) in [6.45, 7) is 6.49. The van der Waals surface area contributed by atoms with Crippen LogP contribution in [0.4, 0.5) is 0 Å². The van der Waals surface area contributed by atoms with Gasteiger partial charge in [0.1, 0.15) is 12.4 Å². The maximum Gasteiger partial charge on any atom is 0.242 e. The van der Waals surface area contributed by atoms with Crippen molar-refractivity contribution in [1.29, 1.82) is 0 Å². The third kappa shape index (κ3) is 3.91. The molecule has 2 fully saturated rings. The Labute approximate surface area is 148 Å². The van der Waals surface area contributed by atoms with E-state index in [1.807, 2.05) is 12.4 Å². The van der Waals surface area contributed by atoms with Crippen molar-refractivity contribution in [3.8, 4) is 0 Å². The summed E-state index contributed by atoms with van der Waals surface area (Å²) in [6, 6.07) is 0. The van der Waals surface area contributed by atoms with E-state index in [4.69, 9.17) is 0 Å². The van der Waals surface area contributed by atoms with Crippen LogP contribution in [0.3, 0.4) is 0 Å². The molecular formula is C18H26N4O3. The quantitative estimate of drug-likeness (QED) is 0.755. The van der Waals surface area contributed by atoms with Gasteiger partial charge in [-0.3, -0.25) is 19.3 Å². The number of imide groups is 1. The number of hydrogen-bond acceptors (Lipinski definition) is 4. The lowest BCUT2D eigenvalue weighted by Crippen LogP contribution is -2.45. The number of piperidine rings is 1. The molecule has 1 aromatic rings. The fraction of sp³-hybridized carbons (Fsp3) is 0.667. The lowest BCUT2D eigenvalue weighted by Gasteiger charge is -2.33. The molecule has 0 aliphatic carbocycles. The number of amides is 3. The number of carbonyl (C=O) groups is 3. The fourth-order valence-corrected chi connectivity index (χ4v) is 3.65. The van der Waals surface area contributed by atoms with Crippen LogP contribution in [0, 0.1) is 5.92 Å². The second-order valence-corrected chi connectivity index (χ2v) is 7.29. The highest BCUT2D eigenvalue weighted by atomic mass is 16.2. The van der Waals surface area contributed by atoms with Crippen molar-refractivity contribution in [2.24, 2.45) is 5.92 Å². The first kappa shape index (κ1) is 17.6. The van der Waals surface area contributed by atoms with Crippen LogP contribution in [-0.4, -0.2) is 56.7 Å². The molecule has 136 valence electrons. The third-order valence-electron chi connectivity index (χ3n) is 5.13. The lowest BCUT2D eigenvalue weighted by molar-refractivity contribution is -0.146. The number of imidazole rings is 1. The monoisotopic (exact) mass is 346 g/mol. The number of rotatable bonds is 5. The van der Waals surface area contributed by atoms with Crippen molar-refractivity contribution in [2.45, 2.75) is 52.0 Å². The van der Waals surface area contributed by atoms with Gasteiger partial charge in [-0.15, -0.1) is 0 Å². The summed E-state index contributed by atoms with van der Waals surface area (Å²) < 4.78 is 2.22. The van der Waals surface area contributed by atoms with Gasteiger partial charge in [-0.05, 0) is 18.8 Å². The van der Waals surface area contributed by atoms with Gasteiger partial charge in [-0.25, -0.2) is 4.98 Å². The second-order valence-electron chi connectivity index (χ2n) is 7.29. The predicted molar refractivity (Wildman–Crippen MR) is 91.6 cm³/mol. The van der Waals surface area contributed by atoms with Crippen LogP contribution in [0.2, 0.25) is 0 Å². The Bertz CT molecular complexity index is 643. The van der Waals surface area contributed by atoms with Gasteiger partial charge < -0.3 is 9.47 Å². The maximum absolute atomic E-state index is 12.4. The van der Waals surface area contributed by atoms with Crippen LogP contribution in [0.15, 0.2) is 12.4 Å². The minimum absolute atomic E-state index is 0.0959. The van der Waals surface area contributed by atoms with Gasteiger partial charge >= 0.3 is 0 Å². The number of likely N-dealkylation sites (tertiary alicyclic amines) is 2. The molecule has 3 heterocycles. The van der Waals surface area contributed by atoms with Crippen molar-refractivity contribution in [1.82, 2.24) is 19.4 Å². The summed E-state index contributed by atoms with van der Waals surface area (Å²) in [5.41, 5.74) is 0. The van der Waals surface area contributed by atoms with Crippen LogP contribution in [-0.2, 0) is 20.9 Å². The lowest BCUT2D eigenvalue weighted by atomic mass is 9.96. The van der Waals surface area contributed by atoms with Crippen molar-refractivity contribution in [2.75, 3.05) is 19.6 Å². The fourth-order valence-electron chi connectivity index (χ4n) is 3.65. The molecule has 0 spiro atoms. The molecule has 1 aromatic heterocycles. The van der Waals surface area contributed by atoms with E-state index in [0.29, 0.717) is 24.9 Å². The first-order valence-electron chi connectivity index (χ1n) is 9.07. The second kappa shape index (κ2) is 7.37. The predicted octanol–water partition coefficient (Wildman–Crippen LogP) is 1.39. The Balaban J connectivity index is 1.50. The Kier molecular flexibility index (Phi) is 5.20. The van der Waals surface area contributed by atoms with E-state index in [1.54, 1.807) is 4.90 Å². The topological polar surface area (TPSA) is 75.5 Å². The molecule has 0 unspecified atom stereocenters. The molecular weight excluding hydrogens is 320 g/mol. The van der Waals surface area contributed by atoms with Gasteiger partial charge in [0.25, 0.3) is 0 Å². The summed E-state index contributed by atoms with van der Waals surface area (Å²) in [5.74, 6) is 1.44. The van der Waals surface area contributed by atoms with Crippen molar-refractivity contribution in [3.63, 3.8) is 0 Å². The Morgan fingerprint density at radius 2 is 1.84 bits per heavy atom. The van der Waals surface area contributed by atoms with Crippen molar-refractivity contribution < 1.29 is 14.4 Å². The summed E-state index contributed by atoms with van der Waals surface area (Å²) in [6.07, 6.45) is 6.21. The molecule has 3 amide bonds. The smallest absolute Gasteiger partial charge is 0.242 e. The van der Waals surface area contributed by atoms with Crippen molar-refractivity contribution in [3.05, 3.63) is 18.2 Å². The SMILES string of the molecule is CC(C)c1nccn1CC1CCN(C(=O)CN2C(=O)CCC2=O)CC1. The average Bonchev–Trinajstić information content (AvgIpc) is 3.17. The molecule has 0 atom stereocenters. The number of aromatic nitrogens is 2. The van der Waals surface area contributed by atoms with Crippen LogP contribution in [0.5, 0.6) is 0 Å². The Hall–Kier alpha value is -2.18. The minimum atomic E-state index is -0.227. The molecule has 7 nitrogen and oxygen atoms in total. The first-order valence-corrected chi connectivity index (χ1v) is 9.07. The van der Waals surface area contributed by atoms with Gasteiger partial charge in [0, 0.05) is 50.8 Å². The van der Waals surface area contributed by atoms with E-state index in [9.17, 15) is 14.4 Å². The maximum atomic E-state index is 12.4. The van der Waals surface area contributed by atoms with Gasteiger partial charge in [-0.1, -0.05) is 13.8 Å². The van der Waals surface area contributed by atoms with Crippen LogP contribution in [0.1, 0.15) is 51.3 Å². The van der Waals surface area contributed by atoms with E-state index in [1.165, 1.54) is 0 Å². The normalized spacial score (nSPS) is 19.3. The molecule has 25 heavy (non-hydrogen) atoms. The largest absolute Gasteiger partial charge is 0.341 e. The van der Waals surface area contributed by atoms with E-state index in [0.717, 1.165) is 30.1 Å². The highest BCUT2D eigenvalue weighted by Crippen LogP contribution is 2.22. The number of carbonyl (C=O) groups excluding carboxylic acids is 3. The summed E-state index contributed by atoms with van der Waals surface area (Å²) in [7, 11) is 0. The van der Waals surface area contributed by atoms with Gasteiger partial charge in [0.15, 0.2) is 0 Å². The van der Waals surface area contributed by atoms with E-state index in [2.05, 4.69) is 23.4 Å². The Morgan fingerprint density at radius 1 is 1.20 bits per heavy atom. The standard InChI is InChI=1S/C18H26N4O3/c1-13(2)18-19-7-10-21(18)11-14-5-8-20(9-6-14)17(25)12-22-15(23)3-4-16(22)24/h7,10,13-14H,3-6,8-9,11-12H2,1-2H3. The molecule has 0 N–H and O–H groups in total. The molecule has 2 saturated heterocycles. The summed E-state index contributed by atoms with van der Waals surface area (Å²) in [5, 5.41) is 0. The molecule has 2 aliphatic rings. The van der Waals surface area contributed by atoms with E-state index < -0.39 is 0 Å². The molecule has 0 aromatic carbocycles. The molecule has 3 rings (SSSR count). The Morgan fingerprint density at radius 3 is 2.44 bits per heavy atom. The van der Waals surface area contributed by atoms with Gasteiger partial charge in [-0.2, -0.15) is 0 Å². The number of hydrogen-bond donors (Lipinski definition) is 0. The number of nitrogens with zero attached hydrogens (tertiary/aromatic N) is 4. The van der Waals surface area contributed by atoms with Crippen LogP contribution >= 0.6 is 0 Å². The molecule has 0 radical (unpaired) electrons. The van der Waals surface area contributed by atoms with Crippen LogP contribution in [0.25, 0.3) is 0 Å². The third-order valence-corrected chi connectivity index (χ3v) is 5.13. The molecule has 7 heteroatoms. The first-order chi connectivity index (χ1) is 12.0. The minimum Gasteiger partial charge on any atom is -0.341 e. The molecule has 0 saturated carbocycles. The average molecular weight is 346 g/mol. The zero-order chi connectivity index (χ0) is 18.0. The zero-order valence-corrected chi connectivity index (χ0v) is 15.0. The zero-order valence-electron chi connectivity index (χ0n) is 15.0. The van der Waals surface area contributed by atoms with Crippen LogP contribution < -0.4 is 0 Å². The van der Waals surface area contributed by atoms with Crippen molar-refractivity contribution >= 4 is 17.7 Å². The van der Waals surface area contributed by atoms with Gasteiger partial charge in [0.2, 0.25) is 17.7 Å². The molecule has 0 bridgehead atoms. The van der Waals surface area contributed by atoms with Gasteiger partial charge in [0.05, 0.1) is 0 Å². The summed E-state index contributed by atoms with van der Waals surface area (Å²) >= 11 is 0. The highest BCUT2D eigenvalue weighted by Gasteiger charge is 2.32. The molecule has 2 aliphatic heterocycles. The van der Waals surface area contributed by atoms with E-state index >= 15 is 0 Å². The highest BCUT2D eigenvalue weighted by molar-refractivity contribution is 6.04. The van der Waals surface area contributed by atoms with E-state index in [-0.39, 0.29) is 37.1 Å².